The van der Waals surface area contributed by atoms with Crippen molar-refractivity contribution in [1.82, 2.24) is 5.32 Å². The van der Waals surface area contributed by atoms with Gasteiger partial charge in [-0.3, -0.25) is 14.4 Å². The molecule has 0 aromatic carbocycles. The van der Waals surface area contributed by atoms with Crippen molar-refractivity contribution in [3.63, 3.8) is 0 Å². The fraction of sp³-hybridized carbons (Fsp3) is 0.658. The molecule has 1 N–H and O–H groups in total. The lowest BCUT2D eigenvalue weighted by Crippen LogP contribution is -2.47. The molecule has 0 saturated heterocycles. The monoisotopic (exact) mass is 618 g/mol. The Balaban J connectivity index is -0.00000216. The van der Waals surface area contributed by atoms with E-state index in [4.69, 9.17) is 9.47 Å². The third kappa shape index (κ3) is 33.8. The molecule has 0 aromatic rings. The normalized spacial score (nSPS) is 12.4. The summed E-state index contributed by atoms with van der Waals surface area (Å²) in [6.45, 7) is 16.2. The number of Topliss-reactive ketones (excluding diaryl/α,β-unsaturated/α-hetero) is 1. The molecule has 0 aliphatic heterocycles. The van der Waals surface area contributed by atoms with Crippen molar-refractivity contribution >= 4 is 17.7 Å². The number of rotatable bonds is 22. The van der Waals surface area contributed by atoms with Gasteiger partial charge in [0.25, 0.3) is 0 Å². The van der Waals surface area contributed by atoms with Crippen molar-refractivity contribution in [3.05, 3.63) is 60.8 Å². The largest absolute Gasteiger partial charge is 0.465 e. The van der Waals surface area contributed by atoms with E-state index in [2.05, 4.69) is 101 Å². The number of ketones is 1. The Labute approximate surface area is 271 Å². The number of unbranched alkanes of at least 4 members (excludes halogenated alkanes) is 2. The zero-order chi connectivity index (χ0) is 33.9. The van der Waals surface area contributed by atoms with E-state index >= 15 is 0 Å². The SMILES string of the molecule is CC/C=C\C/C=C\C/C=C\C/C=C\C/C=C\CCCC(=O)OCC(C)(C)[C@@H](OC)C(=O)NCCC(C)=O.CCC.CCCC. The second kappa shape index (κ2) is 34.8. The predicted molar refractivity (Wildman–Crippen MR) is 189 cm³/mol. The van der Waals surface area contributed by atoms with E-state index in [1.165, 1.54) is 33.3 Å². The summed E-state index contributed by atoms with van der Waals surface area (Å²) in [5.74, 6) is -0.595. The zero-order valence-electron chi connectivity index (χ0n) is 29.8. The van der Waals surface area contributed by atoms with Crippen molar-refractivity contribution in [1.29, 1.82) is 0 Å². The molecule has 0 bridgehead atoms. The van der Waals surface area contributed by atoms with Crippen LogP contribution in [0.5, 0.6) is 0 Å². The minimum absolute atomic E-state index is 0.00652. The molecule has 0 fully saturated rings. The Morgan fingerprint density at radius 3 is 1.59 bits per heavy atom. The van der Waals surface area contributed by atoms with Crippen molar-refractivity contribution in [2.24, 2.45) is 5.41 Å². The van der Waals surface area contributed by atoms with E-state index < -0.39 is 11.5 Å². The summed E-state index contributed by atoms with van der Waals surface area (Å²) in [6.07, 6.45) is 31.7. The first-order chi connectivity index (χ1) is 21.1. The van der Waals surface area contributed by atoms with Gasteiger partial charge in [-0.25, -0.2) is 0 Å². The number of carbonyl (C=O) groups excluding carboxylic acids is 3. The van der Waals surface area contributed by atoms with E-state index in [9.17, 15) is 14.4 Å². The summed E-state index contributed by atoms with van der Waals surface area (Å²) in [5, 5.41) is 2.70. The Morgan fingerprint density at radius 1 is 0.727 bits per heavy atom. The number of esters is 1. The van der Waals surface area contributed by atoms with Gasteiger partial charge in [0.05, 0.1) is 6.61 Å². The Kier molecular flexibility index (Phi) is 36.1. The number of ether oxygens (including phenoxy) is 2. The van der Waals surface area contributed by atoms with Gasteiger partial charge >= 0.3 is 5.97 Å². The summed E-state index contributed by atoms with van der Waals surface area (Å²) >= 11 is 0. The highest BCUT2D eigenvalue weighted by molar-refractivity contribution is 5.82. The van der Waals surface area contributed by atoms with Gasteiger partial charge in [0.2, 0.25) is 5.91 Å². The number of carbonyl (C=O) groups is 3. The van der Waals surface area contributed by atoms with Gasteiger partial charge in [-0.05, 0) is 51.9 Å². The first-order valence-electron chi connectivity index (χ1n) is 16.8. The zero-order valence-corrected chi connectivity index (χ0v) is 29.8. The first-order valence-corrected chi connectivity index (χ1v) is 16.8. The van der Waals surface area contributed by atoms with Crippen LogP contribution in [-0.4, -0.2) is 44.0 Å². The van der Waals surface area contributed by atoms with Gasteiger partial charge in [-0.15, -0.1) is 0 Å². The van der Waals surface area contributed by atoms with E-state index in [1.54, 1.807) is 0 Å². The van der Waals surface area contributed by atoms with Crippen molar-refractivity contribution in [2.45, 2.75) is 139 Å². The molecule has 0 rings (SSSR count). The molecule has 0 aromatic heterocycles. The lowest BCUT2D eigenvalue weighted by Gasteiger charge is -2.31. The molecule has 0 spiro atoms. The molecule has 0 unspecified atom stereocenters. The Bertz CT molecular complexity index is 834. The van der Waals surface area contributed by atoms with Gasteiger partial charge < -0.3 is 14.8 Å². The van der Waals surface area contributed by atoms with Crippen LogP contribution in [-0.2, 0) is 23.9 Å². The molecule has 0 heterocycles. The molecule has 6 heteroatoms. The maximum absolute atomic E-state index is 12.4. The second-order valence-corrected chi connectivity index (χ2v) is 11.3. The van der Waals surface area contributed by atoms with E-state index in [0.29, 0.717) is 12.8 Å². The van der Waals surface area contributed by atoms with Gasteiger partial charge in [-0.2, -0.15) is 0 Å². The average molecular weight is 618 g/mol. The maximum atomic E-state index is 12.4. The topological polar surface area (TPSA) is 81.7 Å². The molecular formula is C38H67NO5. The molecule has 0 aliphatic carbocycles. The maximum Gasteiger partial charge on any atom is 0.305 e. The quantitative estimate of drug-likeness (QED) is 0.0743. The summed E-state index contributed by atoms with van der Waals surface area (Å²) in [5.41, 5.74) is -0.700. The lowest BCUT2D eigenvalue weighted by molar-refractivity contribution is -0.155. The van der Waals surface area contributed by atoms with Crippen molar-refractivity contribution in [3.8, 4) is 0 Å². The van der Waals surface area contributed by atoms with Gasteiger partial charge in [-0.1, -0.05) is 128 Å². The van der Waals surface area contributed by atoms with E-state index in [0.717, 1.165) is 38.5 Å². The van der Waals surface area contributed by atoms with Crippen LogP contribution in [0.2, 0.25) is 0 Å². The van der Waals surface area contributed by atoms with Crippen LogP contribution >= 0.6 is 0 Å². The molecule has 0 radical (unpaired) electrons. The Hall–Kier alpha value is -2.73. The predicted octanol–water partition coefficient (Wildman–Crippen LogP) is 9.81. The lowest BCUT2D eigenvalue weighted by atomic mass is 9.86. The van der Waals surface area contributed by atoms with Gasteiger partial charge in [0.15, 0.2) is 0 Å². The second-order valence-electron chi connectivity index (χ2n) is 11.3. The third-order valence-electron chi connectivity index (χ3n) is 5.97. The highest BCUT2D eigenvalue weighted by Gasteiger charge is 2.36. The number of methoxy groups -OCH3 is 1. The van der Waals surface area contributed by atoms with E-state index in [1.807, 2.05) is 13.8 Å². The fourth-order valence-electron chi connectivity index (χ4n) is 3.38. The third-order valence-corrected chi connectivity index (χ3v) is 5.97. The minimum atomic E-state index is -0.784. The van der Waals surface area contributed by atoms with Crippen LogP contribution in [0.25, 0.3) is 0 Å². The van der Waals surface area contributed by atoms with Crippen LogP contribution in [0.1, 0.15) is 132 Å². The number of amides is 1. The van der Waals surface area contributed by atoms with Crippen LogP contribution in [0.4, 0.5) is 0 Å². The number of hydrogen-bond donors (Lipinski definition) is 1. The van der Waals surface area contributed by atoms with Crippen LogP contribution in [0.3, 0.4) is 0 Å². The molecule has 44 heavy (non-hydrogen) atoms. The number of allylic oxidation sites excluding steroid dienone is 10. The summed E-state index contributed by atoms with van der Waals surface area (Å²) in [4.78, 5) is 35.6. The van der Waals surface area contributed by atoms with Gasteiger partial charge in [0.1, 0.15) is 11.9 Å². The van der Waals surface area contributed by atoms with Gasteiger partial charge in [0, 0.05) is 31.9 Å². The van der Waals surface area contributed by atoms with Crippen molar-refractivity contribution in [2.75, 3.05) is 20.3 Å². The fourth-order valence-corrected chi connectivity index (χ4v) is 3.38. The summed E-state index contributed by atoms with van der Waals surface area (Å²) < 4.78 is 10.8. The smallest absolute Gasteiger partial charge is 0.305 e. The number of nitrogens with one attached hydrogen (secondary N) is 1. The van der Waals surface area contributed by atoms with Crippen molar-refractivity contribution < 1.29 is 23.9 Å². The molecule has 254 valence electrons. The molecule has 0 saturated carbocycles. The summed E-state index contributed by atoms with van der Waals surface area (Å²) in [7, 11) is 1.45. The highest BCUT2D eigenvalue weighted by Crippen LogP contribution is 2.24. The molecular weight excluding hydrogens is 550 g/mol. The minimum Gasteiger partial charge on any atom is -0.465 e. The van der Waals surface area contributed by atoms with Crippen LogP contribution < -0.4 is 5.32 Å². The summed E-state index contributed by atoms with van der Waals surface area (Å²) in [6, 6.07) is 0. The molecule has 1 amide bonds. The molecule has 0 aliphatic rings. The van der Waals surface area contributed by atoms with Crippen LogP contribution in [0.15, 0.2) is 60.8 Å². The highest BCUT2D eigenvalue weighted by atomic mass is 16.5. The van der Waals surface area contributed by atoms with Crippen LogP contribution in [0, 0.1) is 5.41 Å². The standard InChI is InChI=1S/C31H49NO5.C4H10.C3H8/c1-6-7-8-9-10-11-12-13-14-15-16-17-18-19-20-21-22-23-28(34)37-26-31(3,4)29(36-5)30(35)32-25-24-27(2)33;1-3-4-2;1-3-2/h7-8,10-11,13-14,16-17,19-20,29H,6,9,12,15,18,21-26H2,1-5H3,(H,32,35);3-4H2,1-2H3;3H2,1-2H3/b8-7-,11-10-,14-13-,17-16-,20-19-;;/t29-;;/m0../s1. The number of hydrogen-bond acceptors (Lipinski definition) is 5. The average Bonchev–Trinajstić information content (AvgIpc) is 2.98. The molecule has 6 nitrogen and oxygen atoms in total. The molecule has 1 atom stereocenters. The van der Waals surface area contributed by atoms with E-state index in [-0.39, 0.29) is 37.2 Å². The Morgan fingerprint density at radius 2 is 1.18 bits per heavy atom. The first kappa shape index (κ1) is 45.7.